The van der Waals surface area contributed by atoms with Gasteiger partial charge in [0.1, 0.15) is 0 Å². The highest BCUT2D eigenvalue weighted by molar-refractivity contribution is 7.89. The zero-order chi connectivity index (χ0) is 11.0. The van der Waals surface area contributed by atoms with Crippen molar-refractivity contribution in [3.63, 3.8) is 0 Å². The second kappa shape index (κ2) is 6.56. The Morgan fingerprint density at radius 3 is 2.64 bits per heavy atom. The summed E-state index contributed by atoms with van der Waals surface area (Å²) >= 11 is 0. The lowest BCUT2D eigenvalue weighted by atomic mass is 10.3. The molecule has 0 fully saturated rings. The summed E-state index contributed by atoms with van der Waals surface area (Å²) in [5.41, 5.74) is 0. The fourth-order valence-corrected chi connectivity index (χ4v) is 1.37. The molecule has 0 aliphatic carbocycles. The van der Waals surface area contributed by atoms with Crippen LogP contribution < -0.4 is 10.5 Å². The van der Waals surface area contributed by atoms with Crippen LogP contribution in [-0.2, 0) is 14.8 Å². The molecule has 5 nitrogen and oxygen atoms in total. The fourth-order valence-electron chi connectivity index (χ4n) is 0.823. The van der Waals surface area contributed by atoms with Crippen LogP contribution in [0.2, 0.25) is 0 Å². The van der Waals surface area contributed by atoms with Crippen LogP contribution in [0, 0.1) is 0 Å². The molecular formula is C8H16N2O3S. The van der Waals surface area contributed by atoms with Gasteiger partial charge in [-0.05, 0) is 12.8 Å². The number of allylic oxidation sites excluding steroid dienone is 1. The number of amides is 1. The first-order chi connectivity index (χ1) is 6.45. The Morgan fingerprint density at radius 1 is 1.50 bits per heavy atom. The van der Waals surface area contributed by atoms with Crippen molar-refractivity contribution >= 4 is 15.9 Å². The van der Waals surface area contributed by atoms with Crippen LogP contribution in [0.3, 0.4) is 0 Å². The van der Waals surface area contributed by atoms with Crippen molar-refractivity contribution < 1.29 is 13.2 Å². The number of nitrogens with two attached hydrogens (primary N) is 1. The Hall–Kier alpha value is -0.880. The third-order valence-electron chi connectivity index (χ3n) is 1.50. The minimum atomic E-state index is -3.41. The van der Waals surface area contributed by atoms with Gasteiger partial charge in [-0.2, -0.15) is 0 Å². The van der Waals surface area contributed by atoms with Crippen LogP contribution in [0.1, 0.15) is 19.3 Å². The highest BCUT2D eigenvalue weighted by atomic mass is 32.2. The van der Waals surface area contributed by atoms with Crippen LogP contribution >= 0.6 is 0 Å². The quantitative estimate of drug-likeness (QED) is 0.458. The van der Waals surface area contributed by atoms with Crippen molar-refractivity contribution in [3.8, 4) is 0 Å². The van der Waals surface area contributed by atoms with E-state index in [1.54, 1.807) is 6.08 Å². The minimum Gasteiger partial charge on any atom is -0.356 e. The van der Waals surface area contributed by atoms with Gasteiger partial charge in [0.25, 0.3) is 0 Å². The van der Waals surface area contributed by atoms with E-state index in [1.165, 1.54) is 0 Å². The predicted molar refractivity (Wildman–Crippen MR) is 55.0 cm³/mol. The number of hydrogen-bond acceptors (Lipinski definition) is 3. The molecule has 14 heavy (non-hydrogen) atoms. The summed E-state index contributed by atoms with van der Waals surface area (Å²) in [6.07, 6.45) is 3.02. The molecule has 6 heteroatoms. The van der Waals surface area contributed by atoms with E-state index in [0.717, 1.165) is 0 Å². The van der Waals surface area contributed by atoms with Gasteiger partial charge in [-0.1, -0.05) is 6.08 Å². The fraction of sp³-hybridized carbons (Fsp3) is 0.625. The second-order valence-electron chi connectivity index (χ2n) is 2.90. The number of primary sulfonamides is 1. The van der Waals surface area contributed by atoms with Gasteiger partial charge in [-0.3, -0.25) is 4.79 Å². The van der Waals surface area contributed by atoms with Crippen molar-refractivity contribution in [3.05, 3.63) is 12.7 Å². The van der Waals surface area contributed by atoms with Crippen molar-refractivity contribution in [2.24, 2.45) is 5.14 Å². The van der Waals surface area contributed by atoms with Gasteiger partial charge in [0, 0.05) is 13.0 Å². The molecule has 1 amide bonds. The van der Waals surface area contributed by atoms with Gasteiger partial charge in [-0.25, -0.2) is 13.6 Å². The Morgan fingerprint density at radius 2 is 2.14 bits per heavy atom. The normalized spacial score (nSPS) is 10.9. The maximum absolute atomic E-state index is 11.0. The monoisotopic (exact) mass is 220 g/mol. The van der Waals surface area contributed by atoms with Crippen LogP contribution in [0.25, 0.3) is 0 Å². The van der Waals surface area contributed by atoms with E-state index in [2.05, 4.69) is 11.9 Å². The van der Waals surface area contributed by atoms with Gasteiger partial charge in [-0.15, -0.1) is 6.58 Å². The SMILES string of the molecule is C=CCCC(=O)NCCCS(N)(=O)=O. The molecule has 0 radical (unpaired) electrons. The molecule has 0 spiro atoms. The molecule has 0 rings (SSSR count). The molecule has 0 atom stereocenters. The number of carbonyl (C=O) groups excluding carboxylic acids is 1. The second-order valence-corrected chi connectivity index (χ2v) is 4.63. The Balaban J connectivity index is 3.45. The lowest BCUT2D eigenvalue weighted by molar-refractivity contribution is -0.120. The van der Waals surface area contributed by atoms with Crippen LogP contribution in [0.4, 0.5) is 0 Å². The van der Waals surface area contributed by atoms with Crippen molar-refractivity contribution in [1.82, 2.24) is 5.32 Å². The summed E-state index contributed by atoms with van der Waals surface area (Å²) in [6.45, 7) is 3.83. The summed E-state index contributed by atoms with van der Waals surface area (Å²) in [7, 11) is -3.41. The first-order valence-electron chi connectivity index (χ1n) is 4.34. The summed E-state index contributed by atoms with van der Waals surface area (Å²) in [5.74, 6) is -0.200. The average molecular weight is 220 g/mol. The molecule has 0 aliphatic heterocycles. The standard InChI is InChI=1S/C8H16N2O3S/c1-2-3-5-8(11)10-6-4-7-14(9,12)13/h2H,1,3-7H2,(H,10,11)(H2,9,12,13). The summed E-state index contributed by atoms with van der Waals surface area (Å²) in [4.78, 5) is 11.0. The molecule has 0 aromatic heterocycles. The first kappa shape index (κ1) is 13.1. The number of hydrogen-bond donors (Lipinski definition) is 2. The van der Waals surface area contributed by atoms with E-state index in [1.807, 2.05) is 0 Å². The average Bonchev–Trinajstić information content (AvgIpc) is 2.07. The minimum absolute atomic E-state index is 0.0979. The molecule has 0 saturated heterocycles. The smallest absolute Gasteiger partial charge is 0.220 e. The maximum atomic E-state index is 11.0. The van der Waals surface area contributed by atoms with Gasteiger partial charge in [0.2, 0.25) is 15.9 Å². The molecule has 0 bridgehead atoms. The third-order valence-corrected chi connectivity index (χ3v) is 2.36. The van der Waals surface area contributed by atoms with Crippen LogP contribution in [-0.4, -0.2) is 26.6 Å². The molecule has 3 N–H and O–H groups in total. The maximum Gasteiger partial charge on any atom is 0.220 e. The topological polar surface area (TPSA) is 89.3 Å². The predicted octanol–water partition coefficient (Wildman–Crippen LogP) is -0.253. The van der Waals surface area contributed by atoms with Crippen molar-refractivity contribution in [1.29, 1.82) is 0 Å². The molecular weight excluding hydrogens is 204 g/mol. The highest BCUT2D eigenvalue weighted by Crippen LogP contribution is 1.89. The Bertz CT molecular complexity index is 285. The first-order valence-corrected chi connectivity index (χ1v) is 6.05. The zero-order valence-corrected chi connectivity index (χ0v) is 8.85. The van der Waals surface area contributed by atoms with Crippen LogP contribution in [0.15, 0.2) is 12.7 Å². The highest BCUT2D eigenvalue weighted by Gasteiger charge is 2.03. The molecule has 0 aromatic rings. The van der Waals surface area contributed by atoms with E-state index >= 15 is 0 Å². The molecule has 0 aromatic carbocycles. The zero-order valence-electron chi connectivity index (χ0n) is 8.03. The molecule has 0 unspecified atom stereocenters. The van der Waals surface area contributed by atoms with Gasteiger partial charge in [0.05, 0.1) is 5.75 Å². The summed E-state index contributed by atoms with van der Waals surface area (Å²) < 4.78 is 21.0. The third kappa shape index (κ3) is 9.21. The molecule has 0 aliphatic rings. The van der Waals surface area contributed by atoms with Gasteiger partial charge >= 0.3 is 0 Å². The van der Waals surface area contributed by atoms with E-state index in [0.29, 0.717) is 25.8 Å². The molecule has 82 valence electrons. The number of rotatable bonds is 7. The van der Waals surface area contributed by atoms with Crippen molar-refractivity contribution in [2.45, 2.75) is 19.3 Å². The molecule has 0 saturated carbocycles. The lowest BCUT2D eigenvalue weighted by Crippen LogP contribution is -2.26. The van der Waals surface area contributed by atoms with Gasteiger partial charge < -0.3 is 5.32 Å². The van der Waals surface area contributed by atoms with E-state index in [-0.39, 0.29) is 11.7 Å². The summed E-state index contributed by atoms with van der Waals surface area (Å²) in [5, 5.41) is 7.36. The van der Waals surface area contributed by atoms with E-state index in [9.17, 15) is 13.2 Å². The van der Waals surface area contributed by atoms with E-state index in [4.69, 9.17) is 5.14 Å². The molecule has 0 heterocycles. The Kier molecular flexibility index (Phi) is 6.14. The van der Waals surface area contributed by atoms with Crippen LogP contribution in [0.5, 0.6) is 0 Å². The lowest BCUT2D eigenvalue weighted by Gasteiger charge is -2.02. The van der Waals surface area contributed by atoms with E-state index < -0.39 is 10.0 Å². The summed E-state index contributed by atoms with van der Waals surface area (Å²) in [6, 6.07) is 0. The number of nitrogens with one attached hydrogen (secondary N) is 1. The Labute approximate surface area is 84.4 Å². The number of carbonyl (C=O) groups is 1. The van der Waals surface area contributed by atoms with Gasteiger partial charge in [0.15, 0.2) is 0 Å². The largest absolute Gasteiger partial charge is 0.356 e. The number of sulfonamides is 1. The van der Waals surface area contributed by atoms with Crippen molar-refractivity contribution in [2.75, 3.05) is 12.3 Å².